The molecular weight excluding hydrogens is 220 g/mol. The van der Waals surface area contributed by atoms with Gasteiger partial charge in [0.2, 0.25) is 0 Å². The van der Waals surface area contributed by atoms with Gasteiger partial charge in [0.25, 0.3) is 0 Å². The van der Waals surface area contributed by atoms with Crippen molar-refractivity contribution in [2.75, 3.05) is 6.54 Å². The molecule has 0 bridgehead atoms. The van der Waals surface area contributed by atoms with Gasteiger partial charge in [0.05, 0.1) is 0 Å². The summed E-state index contributed by atoms with van der Waals surface area (Å²) < 4.78 is 0. The number of hydrogen-bond acceptors (Lipinski definition) is 1. The van der Waals surface area contributed by atoms with Crippen LogP contribution in [0.1, 0.15) is 30.0 Å². The van der Waals surface area contributed by atoms with Crippen LogP contribution in [-0.4, -0.2) is 11.5 Å². The van der Waals surface area contributed by atoms with E-state index < -0.39 is 0 Å². The second-order valence-electron chi connectivity index (χ2n) is 4.53. The van der Waals surface area contributed by atoms with Crippen LogP contribution in [0, 0.1) is 0 Å². The van der Waals surface area contributed by atoms with Gasteiger partial charge in [0, 0.05) is 34.1 Å². The molecule has 1 atom stereocenters. The molecule has 0 saturated carbocycles. The molecule has 2 aromatic rings. The summed E-state index contributed by atoms with van der Waals surface area (Å²) in [5, 5.41) is 2.10. The second kappa shape index (κ2) is 3.79. The van der Waals surface area contributed by atoms with Crippen molar-refractivity contribution in [3.63, 3.8) is 0 Å². The van der Waals surface area contributed by atoms with Crippen LogP contribution < -0.4 is 5.73 Å². The van der Waals surface area contributed by atoms with Crippen molar-refractivity contribution in [3.8, 4) is 0 Å². The molecule has 3 rings (SSSR count). The fraction of sp³-hybridized carbons (Fsp3) is 0.385. The first-order valence-corrected chi connectivity index (χ1v) is 6.17. The fourth-order valence-corrected chi connectivity index (χ4v) is 2.94. The predicted molar refractivity (Wildman–Crippen MR) is 68.0 cm³/mol. The molecule has 1 aromatic heterocycles. The molecule has 0 amide bonds. The Morgan fingerprint density at radius 2 is 2.31 bits per heavy atom. The highest BCUT2D eigenvalue weighted by Crippen LogP contribution is 2.36. The third kappa shape index (κ3) is 1.45. The largest absolute Gasteiger partial charge is 0.358 e. The summed E-state index contributed by atoms with van der Waals surface area (Å²) in [4.78, 5) is 3.49. The van der Waals surface area contributed by atoms with Gasteiger partial charge in [-0.25, -0.2) is 0 Å². The van der Waals surface area contributed by atoms with E-state index in [4.69, 9.17) is 17.3 Å². The number of nitrogens with one attached hydrogen (secondary N) is 1. The Bertz CT molecular complexity index is 530. The standard InChI is InChI=1S/C13H15ClN2/c14-9-4-5-10-11-3-1-2-8(7-15)13(11)16-12(10)6-9/h4-6,8,16H,1-3,7,15H2. The molecule has 0 saturated heterocycles. The topological polar surface area (TPSA) is 41.8 Å². The van der Waals surface area contributed by atoms with E-state index in [0.717, 1.165) is 23.5 Å². The van der Waals surface area contributed by atoms with Crippen LogP contribution in [0.4, 0.5) is 0 Å². The van der Waals surface area contributed by atoms with Crippen molar-refractivity contribution in [1.82, 2.24) is 4.98 Å². The monoisotopic (exact) mass is 234 g/mol. The molecule has 2 nitrogen and oxygen atoms in total. The van der Waals surface area contributed by atoms with E-state index in [0.29, 0.717) is 5.92 Å². The number of rotatable bonds is 1. The Morgan fingerprint density at radius 1 is 1.44 bits per heavy atom. The first-order valence-electron chi connectivity index (χ1n) is 5.79. The molecule has 0 spiro atoms. The lowest BCUT2D eigenvalue weighted by Gasteiger charge is -2.20. The van der Waals surface area contributed by atoms with Crippen molar-refractivity contribution in [2.45, 2.75) is 25.2 Å². The molecular formula is C13H15ClN2. The highest BCUT2D eigenvalue weighted by atomic mass is 35.5. The second-order valence-corrected chi connectivity index (χ2v) is 4.97. The lowest BCUT2D eigenvalue weighted by atomic mass is 9.87. The van der Waals surface area contributed by atoms with Crippen LogP contribution in [0.5, 0.6) is 0 Å². The molecule has 1 aliphatic carbocycles. The maximum Gasteiger partial charge on any atom is 0.0473 e. The molecule has 1 unspecified atom stereocenters. The van der Waals surface area contributed by atoms with Gasteiger partial charge < -0.3 is 10.7 Å². The van der Waals surface area contributed by atoms with Crippen LogP contribution in [0.15, 0.2) is 18.2 Å². The van der Waals surface area contributed by atoms with Crippen LogP contribution in [0.2, 0.25) is 5.02 Å². The zero-order chi connectivity index (χ0) is 11.1. The Morgan fingerprint density at radius 3 is 3.12 bits per heavy atom. The quantitative estimate of drug-likeness (QED) is 0.782. The van der Waals surface area contributed by atoms with Crippen LogP contribution in [0.25, 0.3) is 10.9 Å². The number of nitrogens with two attached hydrogens (primary N) is 1. The Labute approximate surface area is 99.8 Å². The van der Waals surface area contributed by atoms with E-state index in [1.165, 1.54) is 29.5 Å². The first-order chi connectivity index (χ1) is 7.79. The average molecular weight is 235 g/mol. The van der Waals surface area contributed by atoms with Crippen LogP contribution >= 0.6 is 11.6 Å². The molecule has 84 valence electrons. The predicted octanol–water partition coefficient (Wildman–Crippen LogP) is 3.20. The third-order valence-corrected chi connectivity index (χ3v) is 3.81. The fourth-order valence-electron chi connectivity index (χ4n) is 2.77. The summed E-state index contributed by atoms with van der Waals surface area (Å²) in [6, 6.07) is 6.08. The van der Waals surface area contributed by atoms with Crippen molar-refractivity contribution in [1.29, 1.82) is 0 Å². The van der Waals surface area contributed by atoms with Crippen molar-refractivity contribution >= 4 is 22.5 Å². The molecule has 3 heteroatoms. The Kier molecular flexibility index (Phi) is 2.41. The Balaban J connectivity index is 2.24. The van der Waals surface area contributed by atoms with Gasteiger partial charge in [-0.05, 0) is 37.0 Å². The molecule has 0 fully saturated rings. The third-order valence-electron chi connectivity index (χ3n) is 3.57. The summed E-state index contributed by atoms with van der Waals surface area (Å²) in [6.07, 6.45) is 3.60. The average Bonchev–Trinajstić information content (AvgIpc) is 2.65. The van der Waals surface area contributed by atoms with Crippen molar-refractivity contribution in [3.05, 3.63) is 34.5 Å². The smallest absolute Gasteiger partial charge is 0.0473 e. The highest BCUT2D eigenvalue weighted by Gasteiger charge is 2.22. The highest BCUT2D eigenvalue weighted by molar-refractivity contribution is 6.31. The van der Waals surface area contributed by atoms with E-state index in [2.05, 4.69) is 11.1 Å². The van der Waals surface area contributed by atoms with E-state index in [1.54, 1.807) is 0 Å². The lowest BCUT2D eigenvalue weighted by molar-refractivity contribution is 0.553. The lowest BCUT2D eigenvalue weighted by Crippen LogP contribution is -2.17. The van der Waals surface area contributed by atoms with E-state index >= 15 is 0 Å². The summed E-state index contributed by atoms with van der Waals surface area (Å²) >= 11 is 6.01. The first kappa shape index (κ1) is 10.2. The van der Waals surface area contributed by atoms with E-state index in [9.17, 15) is 0 Å². The maximum atomic E-state index is 6.01. The van der Waals surface area contributed by atoms with Crippen molar-refractivity contribution in [2.24, 2.45) is 5.73 Å². The zero-order valence-electron chi connectivity index (χ0n) is 9.09. The number of hydrogen-bond donors (Lipinski definition) is 2. The SMILES string of the molecule is NCC1CCCc2c1[nH]c1cc(Cl)ccc21. The molecule has 1 heterocycles. The summed E-state index contributed by atoms with van der Waals surface area (Å²) in [5.41, 5.74) is 9.77. The van der Waals surface area contributed by atoms with Gasteiger partial charge >= 0.3 is 0 Å². The molecule has 3 N–H and O–H groups in total. The number of halogens is 1. The Hall–Kier alpha value is -0.990. The van der Waals surface area contributed by atoms with Crippen molar-refractivity contribution < 1.29 is 0 Å². The van der Waals surface area contributed by atoms with Gasteiger partial charge in [-0.2, -0.15) is 0 Å². The summed E-state index contributed by atoms with van der Waals surface area (Å²) in [7, 11) is 0. The zero-order valence-corrected chi connectivity index (χ0v) is 9.85. The summed E-state index contributed by atoms with van der Waals surface area (Å²) in [5.74, 6) is 0.495. The van der Waals surface area contributed by atoms with Crippen LogP contribution in [-0.2, 0) is 6.42 Å². The maximum absolute atomic E-state index is 6.01. The normalized spacial score (nSPS) is 20.0. The number of aromatic nitrogens is 1. The number of aryl methyl sites for hydroxylation is 1. The van der Waals surface area contributed by atoms with Crippen LogP contribution in [0.3, 0.4) is 0 Å². The minimum atomic E-state index is 0.495. The summed E-state index contributed by atoms with van der Waals surface area (Å²) in [6.45, 7) is 0.730. The number of benzene rings is 1. The molecule has 1 aromatic carbocycles. The molecule has 0 aliphatic heterocycles. The number of aromatic amines is 1. The molecule has 0 radical (unpaired) electrons. The molecule has 1 aliphatic rings. The van der Waals surface area contributed by atoms with Gasteiger partial charge in [-0.1, -0.05) is 17.7 Å². The van der Waals surface area contributed by atoms with Gasteiger partial charge in [-0.3, -0.25) is 0 Å². The number of fused-ring (bicyclic) bond motifs is 3. The minimum absolute atomic E-state index is 0.495. The van der Waals surface area contributed by atoms with Gasteiger partial charge in [0.1, 0.15) is 0 Å². The number of H-pyrrole nitrogens is 1. The van der Waals surface area contributed by atoms with Gasteiger partial charge in [0.15, 0.2) is 0 Å². The minimum Gasteiger partial charge on any atom is -0.358 e. The van der Waals surface area contributed by atoms with Gasteiger partial charge in [-0.15, -0.1) is 0 Å². The van der Waals surface area contributed by atoms with E-state index in [1.807, 2.05) is 12.1 Å². The van der Waals surface area contributed by atoms with E-state index in [-0.39, 0.29) is 0 Å². The molecule has 16 heavy (non-hydrogen) atoms.